The maximum absolute atomic E-state index is 13.8. The molecule has 3 fully saturated rings. The van der Waals surface area contributed by atoms with E-state index in [0.29, 0.717) is 0 Å². The summed E-state index contributed by atoms with van der Waals surface area (Å²) in [6, 6.07) is 0.776. The fourth-order valence-corrected chi connectivity index (χ4v) is 10.7. The number of sulfonamides is 1. The van der Waals surface area contributed by atoms with Crippen LogP contribution >= 0.6 is 0 Å². The largest absolute Gasteiger partial charge is 0.495 e. The molecular weight excluding hydrogens is 470 g/mol. The average Bonchev–Trinajstić information content (AvgIpc) is 3.10. The summed E-state index contributed by atoms with van der Waals surface area (Å²) in [4.78, 5) is 11.2. The Bertz CT molecular complexity index is 1200. The van der Waals surface area contributed by atoms with Crippen molar-refractivity contribution in [1.82, 2.24) is 9.62 Å². The van der Waals surface area contributed by atoms with E-state index in [1.165, 1.54) is 32.2 Å². The smallest absolute Gasteiger partial charge is 0.247 e. The molecule has 14 heteroatoms. The first-order valence-electron chi connectivity index (χ1n) is 9.49. The van der Waals surface area contributed by atoms with Gasteiger partial charge in [-0.2, -0.15) is 4.31 Å². The zero-order valence-corrected chi connectivity index (χ0v) is 19.3. The van der Waals surface area contributed by atoms with Crippen molar-refractivity contribution in [3.63, 3.8) is 0 Å². The van der Waals surface area contributed by atoms with Crippen LogP contribution in [0.3, 0.4) is 0 Å². The SMILES string of the molecule is COc1ccc(NC(C)=O)cc1S(=O)(=O)N1[C@@H]2CS(=O)(=O)C[C@@H]2N[C@@H]2CS(=O)(=O)C[C@@H]21. The highest BCUT2D eigenvalue weighted by Gasteiger charge is 2.57. The molecule has 3 aliphatic heterocycles. The number of methoxy groups -OCH3 is 1. The first-order valence-corrected chi connectivity index (χ1v) is 14.6. The topological polar surface area (TPSA) is 156 Å². The normalized spacial score (nSPS) is 31.5. The van der Waals surface area contributed by atoms with Crippen molar-refractivity contribution >= 4 is 41.3 Å². The van der Waals surface area contributed by atoms with E-state index in [9.17, 15) is 30.0 Å². The molecule has 4 rings (SSSR count). The van der Waals surface area contributed by atoms with Crippen LogP contribution in [0.4, 0.5) is 5.69 Å². The molecule has 0 aromatic heterocycles. The molecule has 2 N–H and O–H groups in total. The standard InChI is InChI=1S/C17H23N3O8S3/c1-10(21)18-11-3-4-16(28-2)17(5-11)31(26,27)20-14-8-29(22,23)6-12(14)19-13-7-30(24,25)9-15(13)20/h3-5,12-15,19H,6-9H2,1-2H3,(H,18,21)/t12-,13+,14+,15-. The van der Waals surface area contributed by atoms with Gasteiger partial charge < -0.3 is 15.4 Å². The highest BCUT2D eigenvalue weighted by molar-refractivity contribution is 7.92. The van der Waals surface area contributed by atoms with E-state index >= 15 is 0 Å². The number of nitrogens with zero attached hydrogens (tertiary/aromatic N) is 1. The first-order chi connectivity index (χ1) is 14.3. The Kier molecular flexibility index (Phi) is 5.36. The Labute approximate surface area is 181 Å². The minimum atomic E-state index is -4.38. The van der Waals surface area contributed by atoms with Crippen molar-refractivity contribution in [3.05, 3.63) is 18.2 Å². The molecule has 0 bridgehead atoms. The summed E-state index contributed by atoms with van der Waals surface area (Å²) in [5.74, 6) is -1.74. The van der Waals surface area contributed by atoms with Crippen LogP contribution in [0.15, 0.2) is 23.1 Å². The second-order valence-corrected chi connectivity index (χ2v) is 14.2. The van der Waals surface area contributed by atoms with Gasteiger partial charge in [0.15, 0.2) is 19.7 Å². The highest BCUT2D eigenvalue weighted by Crippen LogP contribution is 2.38. The minimum absolute atomic E-state index is 0.00226. The molecule has 1 aromatic carbocycles. The number of hydrogen-bond donors (Lipinski definition) is 2. The van der Waals surface area contributed by atoms with Crippen LogP contribution in [-0.4, -0.2) is 89.8 Å². The zero-order valence-electron chi connectivity index (χ0n) is 16.8. The van der Waals surface area contributed by atoms with Gasteiger partial charge in [-0.05, 0) is 18.2 Å². The first kappa shape index (κ1) is 22.5. The Balaban J connectivity index is 1.85. The van der Waals surface area contributed by atoms with Gasteiger partial charge >= 0.3 is 0 Å². The molecule has 4 atom stereocenters. The van der Waals surface area contributed by atoms with Gasteiger partial charge in [-0.15, -0.1) is 0 Å². The molecule has 0 unspecified atom stereocenters. The fourth-order valence-electron chi connectivity index (χ4n) is 4.63. The number of rotatable bonds is 4. The lowest BCUT2D eigenvalue weighted by molar-refractivity contribution is -0.114. The molecular formula is C17H23N3O8S3. The van der Waals surface area contributed by atoms with E-state index in [2.05, 4.69) is 10.6 Å². The van der Waals surface area contributed by atoms with Crippen molar-refractivity contribution in [1.29, 1.82) is 0 Å². The zero-order chi connectivity index (χ0) is 22.8. The molecule has 0 saturated carbocycles. The average molecular weight is 494 g/mol. The van der Waals surface area contributed by atoms with Gasteiger partial charge in [0.2, 0.25) is 15.9 Å². The lowest BCUT2D eigenvalue weighted by Crippen LogP contribution is -2.67. The maximum Gasteiger partial charge on any atom is 0.247 e. The number of carbonyl (C=O) groups excluding carboxylic acids is 1. The molecule has 1 aromatic rings. The summed E-state index contributed by atoms with van der Waals surface area (Å²) < 4.78 is 83.1. The summed E-state index contributed by atoms with van der Waals surface area (Å²) >= 11 is 0. The third-order valence-corrected chi connectivity index (χ3v) is 11.2. The molecule has 1 amide bonds. The van der Waals surface area contributed by atoms with Crippen LogP contribution in [0.2, 0.25) is 0 Å². The van der Waals surface area contributed by atoms with E-state index in [1.807, 2.05) is 0 Å². The summed E-state index contributed by atoms with van der Waals surface area (Å²) in [6.45, 7) is 1.27. The van der Waals surface area contributed by atoms with Gasteiger partial charge in [0.1, 0.15) is 10.6 Å². The molecule has 3 heterocycles. The Morgan fingerprint density at radius 2 is 1.61 bits per heavy atom. The van der Waals surface area contributed by atoms with E-state index in [-0.39, 0.29) is 27.8 Å². The van der Waals surface area contributed by atoms with Crippen molar-refractivity contribution in [2.75, 3.05) is 35.4 Å². The van der Waals surface area contributed by atoms with Gasteiger partial charge in [0.05, 0.1) is 42.2 Å². The molecule has 0 radical (unpaired) electrons. The summed E-state index contributed by atoms with van der Waals surface area (Å²) in [5.41, 5.74) is 0.216. The predicted octanol–water partition coefficient (Wildman–Crippen LogP) is -1.42. The Morgan fingerprint density at radius 1 is 1.06 bits per heavy atom. The second kappa shape index (κ2) is 7.40. The van der Waals surface area contributed by atoms with E-state index in [1.54, 1.807) is 0 Å². The van der Waals surface area contributed by atoms with Crippen LogP contribution in [-0.2, 0) is 34.5 Å². The van der Waals surface area contributed by atoms with Crippen molar-refractivity contribution in [2.24, 2.45) is 0 Å². The third kappa shape index (κ3) is 4.06. The number of carbonyl (C=O) groups is 1. The van der Waals surface area contributed by atoms with E-state index in [4.69, 9.17) is 4.74 Å². The number of amides is 1. The summed E-state index contributed by atoms with van der Waals surface area (Å²) in [6.07, 6.45) is 0. The van der Waals surface area contributed by atoms with Crippen molar-refractivity contribution in [3.8, 4) is 5.75 Å². The third-order valence-electron chi connectivity index (χ3n) is 5.77. The minimum Gasteiger partial charge on any atom is -0.495 e. The molecule has 172 valence electrons. The molecule has 0 spiro atoms. The monoisotopic (exact) mass is 493 g/mol. The van der Waals surface area contributed by atoms with Crippen LogP contribution in [0.1, 0.15) is 6.92 Å². The fraction of sp³-hybridized carbons (Fsp3) is 0.588. The molecule has 3 saturated heterocycles. The summed E-state index contributed by atoms with van der Waals surface area (Å²) in [7, 11) is -10.1. The number of benzene rings is 1. The van der Waals surface area contributed by atoms with Gasteiger partial charge in [-0.25, -0.2) is 25.3 Å². The summed E-state index contributed by atoms with van der Waals surface area (Å²) in [5, 5.41) is 5.56. The lowest BCUT2D eigenvalue weighted by Gasteiger charge is -2.43. The van der Waals surface area contributed by atoms with Gasteiger partial charge in [-0.3, -0.25) is 4.79 Å². The van der Waals surface area contributed by atoms with Crippen LogP contribution < -0.4 is 15.4 Å². The predicted molar refractivity (Wildman–Crippen MR) is 112 cm³/mol. The number of hydrogen-bond acceptors (Lipinski definition) is 9. The lowest BCUT2D eigenvalue weighted by atomic mass is 10.0. The highest BCUT2D eigenvalue weighted by atomic mass is 32.2. The van der Waals surface area contributed by atoms with E-state index < -0.39 is 71.3 Å². The van der Waals surface area contributed by atoms with Crippen molar-refractivity contribution < 1.29 is 34.8 Å². The number of nitrogens with one attached hydrogen (secondary N) is 2. The molecule has 0 aliphatic carbocycles. The quantitative estimate of drug-likeness (QED) is 0.514. The van der Waals surface area contributed by atoms with E-state index in [0.717, 1.165) is 4.31 Å². The number of fused-ring (bicyclic) bond motifs is 2. The number of anilines is 1. The number of piperazine rings is 1. The molecule has 3 aliphatic rings. The Hall–Kier alpha value is -1.74. The van der Waals surface area contributed by atoms with Gasteiger partial charge in [0, 0.05) is 24.7 Å². The Morgan fingerprint density at radius 3 is 2.10 bits per heavy atom. The van der Waals surface area contributed by atoms with Gasteiger partial charge in [0.25, 0.3) is 0 Å². The second-order valence-electron chi connectivity index (χ2n) is 8.05. The maximum atomic E-state index is 13.8. The van der Waals surface area contributed by atoms with Crippen LogP contribution in [0.5, 0.6) is 5.75 Å². The van der Waals surface area contributed by atoms with Crippen molar-refractivity contribution in [2.45, 2.75) is 36.0 Å². The molecule has 11 nitrogen and oxygen atoms in total. The van der Waals surface area contributed by atoms with Crippen LogP contribution in [0.25, 0.3) is 0 Å². The van der Waals surface area contributed by atoms with Gasteiger partial charge in [-0.1, -0.05) is 0 Å². The van der Waals surface area contributed by atoms with Crippen LogP contribution in [0, 0.1) is 0 Å². The molecule has 31 heavy (non-hydrogen) atoms. The number of sulfone groups is 2. The number of ether oxygens (including phenoxy) is 1.